The number of carbonyl (C=O) groups is 2. The van der Waals surface area contributed by atoms with E-state index in [9.17, 15) is 9.59 Å². The second-order valence-electron chi connectivity index (χ2n) is 8.86. The van der Waals surface area contributed by atoms with Gasteiger partial charge in [-0.2, -0.15) is 0 Å². The van der Waals surface area contributed by atoms with E-state index in [1.54, 1.807) is 0 Å². The first-order chi connectivity index (χ1) is 16.3. The summed E-state index contributed by atoms with van der Waals surface area (Å²) in [4.78, 5) is 28.3. The van der Waals surface area contributed by atoms with E-state index in [1.807, 2.05) is 100 Å². The summed E-state index contributed by atoms with van der Waals surface area (Å²) in [7, 11) is 0. The second-order valence-corrected chi connectivity index (χ2v) is 8.86. The van der Waals surface area contributed by atoms with Gasteiger partial charge < -0.3 is 10.1 Å². The number of amides is 2. The normalized spacial score (nSPS) is 13.7. The van der Waals surface area contributed by atoms with Crippen molar-refractivity contribution in [3.63, 3.8) is 0 Å². The molecule has 1 aliphatic heterocycles. The van der Waals surface area contributed by atoms with Crippen molar-refractivity contribution in [1.29, 1.82) is 0 Å². The van der Waals surface area contributed by atoms with Gasteiger partial charge in [0.1, 0.15) is 11.4 Å². The third-order valence-electron chi connectivity index (χ3n) is 5.93. The summed E-state index contributed by atoms with van der Waals surface area (Å²) in [6.45, 7) is 8.31. The van der Waals surface area contributed by atoms with Crippen molar-refractivity contribution in [2.75, 3.05) is 11.9 Å². The number of aryl methyl sites for hydroxylation is 2. The minimum absolute atomic E-state index is 0.0511. The van der Waals surface area contributed by atoms with Crippen LogP contribution >= 0.6 is 0 Å². The van der Waals surface area contributed by atoms with E-state index in [4.69, 9.17) is 4.74 Å². The molecule has 34 heavy (non-hydrogen) atoms. The average Bonchev–Trinajstić information content (AvgIpc) is 3.04. The average molecular weight is 455 g/mol. The van der Waals surface area contributed by atoms with Gasteiger partial charge in [-0.3, -0.25) is 14.5 Å². The van der Waals surface area contributed by atoms with Gasteiger partial charge in [-0.15, -0.1) is 0 Å². The summed E-state index contributed by atoms with van der Waals surface area (Å²) in [5.41, 5.74) is 5.50. The zero-order valence-electron chi connectivity index (χ0n) is 20.1. The highest BCUT2D eigenvalue weighted by molar-refractivity contribution is 6.36. The van der Waals surface area contributed by atoms with Crippen molar-refractivity contribution < 1.29 is 14.3 Å². The Hall–Kier alpha value is -3.86. The van der Waals surface area contributed by atoms with Gasteiger partial charge in [0, 0.05) is 12.2 Å². The fourth-order valence-corrected chi connectivity index (χ4v) is 3.98. The number of hydrogen-bond donors (Lipinski definition) is 1. The summed E-state index contributed by atoms with van der Waals surface area (Å²) in [5.74, 6) is 0.127. The maximum atomic E-state index is 13.5. The molecule has 4 rings (SSSR count). The molecule has 1 aliphatic rings. The van der Waals surface area contributed by atoms with Crippen LogP contribution in [-0.4, -0.2) is 29.4 Å². The lowest BCUT2D eigenvalue weighted by molar-refractivity contribution is -0.136. The smallest absolute Gasteiger partial charge is 0.278 e. The van der Waals surface area contributed by atoms with Gasteiger partial charge in [-0.25, -0.2) is 0 Å². The number of hydrogen-bond acceptors (Lipinski definition) is 4. The van der Waals surface area contributed by atoms with Crippen LogP contribution in [0, 0.1) is 13.8 Å². The fraction of sp³-hybridized carbons (Fsp3) is 0.241. The lowest BCUT2D eigenvalue weighted by Crippen LogP contribution is -2.34. The third kappa shape index (κ3) is 5.04. The van der Waals surface area contributed by atoms with E-state index >= 15 is 0 Å². The zero-order chi connectivity index (χ0) is 24.2. The van der Waals surface area contributed by atoms with Gasteiger partial charge in [0.2, 0.25) is 0 Å². The zero-order valence-corrected chi connectivity index (χ0v) is 20.1. The predicted molar refractivity (Wildman–Crippen MR) is 136 cm³/mol. The Bertz CT molecular complexity index is 1230. The molecule has 3 aromatic rings. The van der Waals surface area contributed by atoms with Gasteiger partial charge in [0.25, 0.3) is 11.8 Å². The van der Waals surface area contributed by atoms with Crippen molar-refractivity contribution in [2.24, 2.45) is 0 Å². The predicted octanol–water partition coefficient (Wildman–Crippen LogP) is 5.53. The lowest BCUT2D eigenvalue weighted by atomic mass is 10.0. The van der Waals surface area contributed by atoms with Crippen molar-refractivity contribution in [3.05, 3.63) is 101 Å². The van der Waals surface area contributed by atoms with Crippen molar-refractivity contribution in [1.82, 2.24) is 4.90 Å². The van der Waals surface area contributed by atoms with Crippen LogP contribution in [0.5, 0.6) is 5.75 Å². The molecule has 0 unspecified atom stereocenters. The molecule has 1 N–H and O–H groups in total. The minimum Gasteiger partial charge on any atom is -0.491 e. The molecule has 5 nitrogen and oxygen atoms in total. The Morgan fingerprint density at radius 3 is 2.21 bits per heavy atom. The van der Waals surface area contributed by atoms with Crippen LogP contribution in [0.3, 0.4) is 0 Å². The van der Waals surface area contributed by atoms with Gasteiger partial charge in [0.05, 0.1) is 11.7 Å². The molecule has 2 amide bonds. The largest absolute Gasteiger partial charge is 0.491 e. The number of nitrogens with one attached hydrogen (secondary N) is 1. The second kappa shape index (κ2) is 9.96. The maximum absolute atomic E-state index is 13.5. The van der Waals surface area contributed by atoms with Crippen LogP contribution in [0.2, 0.25) is 0 Å². The highest BCUT2D eigenvalue weighted by Gasteiger charge is 2.39. The van der Waals surface area contributed by atoms with E-state index in [2.05, 4.69) is 5.32 Å². The van der Waals surface area contributed by atoms with Crippen LogP contribution in [0.1, 0.15) is 36.1 Å². The van der Waals surface area contributed by atoms with Crippen LogP contribution in [0.15, 0.2) is 78.5 Å². The van der Waals surface area contributed by atoms with Crippen molar-refractivity contribution >= 4 is 23.1 Å². The molecular formula is C29H30N2O3. The minimum atomic E-state index is -0.309. The summed E-state index contributed by atoms with van der Waals surface area (Å²) in [6, 6.07) is 23.1. The van der Waals surface area contributed by atoms with E-state index in [-0.39, 0.29) is 17.9 Å². The first-order valence-corrected chi connectivity index (χ1v) is 11.6. The van der Waals surface area contributed by atoms with Gasteiger partial charge in [0.15, 0.2) is 0 Å². The Labute approximate surface area is 201 Å². The van der Waals surface area contributed by atoms with E-state index in [1.165, 1.54) is 10.5 Å². The molecule has 0 aliphatic carbocycles. The maximum Gasteiger partial charge on any atom is 0.278 e. The molecule has 0 radical (unpaired) electrons. The number of nitrogens with zero attached hydrogens (tertiary/aromatic N) is 1. The van der Waals surface area contributed by atoms with Gasteiger partial charge in [-0.1, -0.05) is 48.5 Å². The van der Waals surface area contributed by atoms with E-state index < -0.39 is 0 Å². The van der Waals surface area contributed by atoms with Crippen LogP contribution < -0.4 is 10.1 Å². The number of rotatable bonds is 8. The molecule has 174 valence electrons. The molecule has 0 spiro atoms. The highest BCUT2D eigenvalue weighted by atomic mass is 16.5. The number of benzene rings is 3. The first kappa shape index (κ1) is 23.3. The standard InChI is InChI=1S/C29H30N2O3/c1-19(2)34-25-14-11-23(12-15-25)26-27(30-24-13-10-20(3)21(4)18-24)29(33)31(28(26)32)17-16-22-8-6-5-7-9-22/h5-15,18-19,30H,16-17H2,1-4H3. The van der Waals surface area contributed by atoms with Crippen LogP contribution in [-0.2, 0) is 16.0 Å². The summed E-state index contributed by atoms with van der Waals surface area (Å²) < 4.78 is 5.74. The summed E-state index contributed by atoms with van der Waals surface area (Å²) in [6.07, 6.45) is 0.652. The third-order valence-corrected chi connectivity index (χ3v) is 5.93. The molecule has 0 atom stereocenters. The monoisotopic (exact) mass is 454 g/mol. The number of carbonyl (C=O) groups excluding carboxylic acids is 2. The Kier molecular flexibility index (Phi) is 6.82. The quantitative estimate of drug-likeness (QED) is 0.455. The van der Waals surface area contributed by atoms with Crippen LogP contribution in [0.4, 0.5) is 5.69 Å². The molecule has 1 heterocycles. The Balaban J connectivity index is 1.67. The highest BCUT2D eigenvalue weighted by Crippen LogP contribution is 2.32. The van der Waals surface area contributed by atoms with Gasteiger partial charge >= 0.3 is 0 Å². The number of anilines is 1. The first-order valence-electron chi connectivity index (χ1n) is 11.6. The van der Waals surface area contributed by atoms with E-state index in [0.717, 1.165) is 22.6 Å². The molecule has 5 heteroatoms. The fourth-order valence-electron chi connectivity index (χ4n) is 3.98. The molecule has 0 bridgehead atoms. The SMILES string of the molecule is Cc1ccc(NC2=C(c3ccc(OC(C)C)cc3)C(=O)N(CCc3ccccc3)C2=O)cc1C. The Morgan fingerprint density at radius 2 is 1.56 bits per heavy atom. The molecule has 0 saturated carbocycles. The van der Waals surface area contributed by atoms with Crippen LogP contribution in [0.25, 0.3) is 5.57 Å². The van der Waals surface area contributed by atoms with Gasteiger partial charge in [-0.05, 0) is 80.6 Å². The molecule has 0 saturated heterocycles. The lowest BCUT2D eigenvalue weighted by Gasteiger charge is -2.15. The Morgan fingerprint density at radius 1 is 0.853 bits per heavy atom. The van der Waals surface area contributed by atoms with E-state index in [0.29, 0.717) is 29.8 Å². The number of ether oxygens (including phenoxy) is 1. The molecular weight excluding hydrogens is 424 g/mol. The topological polar surface area (TPSA) is 58.6 Å². The number of imide groups is 1. The van der Waals surface area contributed by atoms with Crippen molar-refractivity contribution in [3.8, 4) is 5.75 Å². The van der Waals surface area contributed by atoms with Crippen molar-refractivity contribution in [2.45, 2.75) is 40.2 Å². The molecule has 3 aromatic carbocycles. The summed E-state index contributed by atoms with van der Waals surface area (Å²) >= 11 is 0. The molecule has 0 aromatic heterocycles. The summed E-state index contributed by atoms with van der Waals surface area (Å²) in [5, 5.41) is 3.25. The molecule has 0 fully saturated rings.